The van der Waals surface area contributed by atoms with Crippen LogP contribution in [0.3, 0.4) is 0 Å². The summed E-state index contributed by atoms with van der Waals surface area (Å²) in [5.74, 6) is -0.187. The van der Waals surface area contributed by atoms with E-state index in [2.05, 4.69) is 10.6 Å². The third-order valence-electron chi connectivity index (χ3n) is 5.79. The largest absolute Gasteiger partial charge is 0.426 e. The van der Waals surface area contributed by atoms with Crippen molar-refractivity contribution in [1.82, 2.24) is 10.2 Å². The summed E-state index contributed by atoms with van der Waals surface area (Å²) in [4.78, 5) is 38.7. The van der Waals surface area contributed by atoms with Crippen molar-refractivity contribution >= 4 is 23.5 Å². The molecular weight excluding hydrogens is 434 g/mol. The number of unbranched alkanes of at least 4 members (excludes halogenated alkanes) is 2. The maximum Gasteiger partial charge on any atom is 0.311 e. The Labute approximate surface area is 204 Å². The van der Waals surface area contributed by atoms with Gasteiger partial charge in [-0.25, -0.2) is 0 Å². The van der Waals surface area contributed by atoms with E-state index in [1.165, 1.54) is 0 Å². The summed E-state index contributed by atoms with van der Waals surface area (Å²) in [6, 6.07) is 3.05. The summed E-state index contributed by atoms with van der Waals surface area (Å²) in [6.07, 6.45) is 3.76. The second-order valence-electron chi connectivity index (χ2n) is 8.50. The van der Waals surface area contributed by atoms with Gasteiger partial charge in [0, 0.05) is 18.5 Å². The standard InChI is InChI=1S/C25H43N5O4/c1-5-30(6-2)17-22(31)29-24-18(3)13-14-21(19(24)4)34-23(32)12-8-10-16-28-25(33)20(27)11-7-9-15-26/h13-14,20H,5-12,15-17,26-27H2,1-4H3,(H,28,33)(H,29,31). The van der Waals surface area contributed by atoms with Crippen molar-refractivity contribution in [2.75, 3.05) is 38.0 Å². The van der Waals surface area contributed by atoms with Gasteiger partial charge in [-0.2, -0.15) is 0 Å². The zero-order chi connectivity index (χ0) is 25.5. The van der Waals surface area contributed by atoms with Gasteiger partial charge in [-0.3, -0.25) is 19.3 Å². The lowest BCUT2D eigenvalue weighted by atomic mass is 10.1. The maximum absolute atomic E-state index is 12.4. The molecule has 6 N–H and O–H groups in total. The van der Waals surface area contributed by atoms with E-state index in [9.17, 15) is 14.4 Å². The molecule has 2 amide bonds. The first kappa shape index (κ1) is 29.5. The highest BCUT2D eigenvalue weighted by molar-refractivity contribution is 5.94. The predicted molar refractivity (Wildman–Crippen MR) is 136 cm³/mol. The fraction of sp³-hybridized carbons (Fsp3) is 0.640. The molecule has 0 fully saturated rings. The number of amides is 2. The van der Waals surface area contributed by atoms with Gasteiger partial charge in [0.1, 0.15) is 5.75 Å². The fourth-order valence-electron chi connectivity index (χ4n) is 3.51. The minimum Gasteiger partial charge on any atom is -0.426 e. The average Bonchev–Trinajstić information content (AvgIpc) is 2.81. The van der Waals surface area contributed by atoms with Gasteiger partial charge in [-0.05, 0) is 70.8 Å². The molecule has 0 bridgehead atoms. The quantitative estimate of drug-likeness (QED) is 0.163. The van der Waals surface area contributed by atoms with Crippen LogP contribution in [-0.4, -0.2) is 61.4 Å². The molecule has 9 nitrogen and oxygen atoms in total. The van der Waals surface area contributed by atoms with Crippen LogP contribution in [0, 0.1) is 13.8 Å². The Morgan fingerprint density at radius 1 is 1.06 bits per heavy atom. The van der Waals surface area contributed by atoms with E-state index in [4.69, 9.17) is 16.2 Å². The van der Waals surface area contributed by atoms with E-state index < -0.39 is 6.04 Å². The van der Waals surface area contributed by atoms with Gasteiger partial charge in [0.15, 0.2) is 0 Å². The van der Waals surface area contributed by atoms with Crippen molar-refractivity contribution in [2.45, 2.75) is 72.3 Å². The Balaban J connectivity index is 2.48. The molecular formula is C25H43N5O4. The summed E-state index contributed by atoms with van der Waals surface area (Å²) in [5, 5.41) is 5.76. The highest BCUT2D eigenvalue weighted by Crippen LogP contribution is 2.29. The van der Waals surface area contributed by atoms with Crippen LogP contribution >= 0.6 is 0 Å². The summed E-state index contributed by atoms with van der Waals surface area (Å²) in [6.45, 7) is 10.7. The predicted octanol–water partition coefficient (Wildman–Crippen LogP) is 2.23. The maximum atomic E-state index is 12.4. The Morgan fingerprint density at radius 2 is 1.76 bits per heavy atom. The van der Waals surface area contributed by atoms with E-state index in [1.807, 2.05) is 38.7 Å². The molecule has 0 saturated carbocycles. The van der Waals surface area contributed by atoms with Crippen molar-refractivity contribution in [3.05, 3.63) is 23.3 Å². The summed E-state index contributed by atoms with van der Waals surface area (Å²) in [7, 11) is 0. The van der Waals surface area contributed by atoms with E-state index in [0.717, 1.165) is 37.1 Å². The molecule has 0 saturated heterocycles. The number of ether oxygens (including phenoxy) is 1. The molecule has 0 spiro atoms. The highest BCUT2D eigenvalue weighted by Gasteiger charge is 2.16. The van der Waals surface area contributed by atoms with Gasteiger partial charge in [-0.15, -0.1) is 0 Å². The molecule has 0 aliphatic carbocycles. The number of nitrogens with one attached hydrogen (secondary N) is 2. The second-order valence-corrected chi connectivity index (χ2v) is 8.50. The topological polar surface area (TPSA) is 140 Å². The SMILES string of the molecule is CCN(CC)CC(=O)Nc1c(C)ccc(OC(=O)CCCCNC(=O)C(N)CCCCN)c1C. The monoisotopic (exact) mass is 477 g/mol. The minimum atomic E-state index is -0.525. The average molecular weight is 478 g/mol. The Kier molecular flexibility index (Phi) is 14.1. The van der Waals surface area contributed by atoms with Crippen LogP contribution in [0.5, 0.6) is 5.75 Å². The second kappa shape index (κ2) is 16.2. The molecule has 1 atom stereocenters. The normalized spacial score (nSPS) is 11.9. The zero-order valence-electron chi connectivity index (χ0n) is 21.2. The number of nitrogens with two attached hydrogens (primary N) is 2. The lowest BCUT2D eigenvalue weighted by Crippen LogP contribution is -2.40. The molecule has 1 aromatic rings. The van der Waals surface area contributed by atoms with E-state index in [-0.39, 0.29) is 24.2 Å². The van der Waals surface area contributed by atoms with E-state index >= 15 is 0 Å². The third-order valence-corrected chi connectivity index (χ3v) is 5.79. The van der Waals surface area contributed by atoms with Gasteiger partial charge in [-0.1, -0.05) is 26.3 Å². The van der Waals surface area contributed by atoms with Crippen molar-refractivity contribution < 1.29 is 19.1 Å². The van der Waals surface area contributed by atoms with Crippen LogP contribution in [0.25, 0.3) is 0 Å². The highest BCUT2D eigenvalue weighted by atomic mass is 16.5. The molecule has 9 heteroatoms. The first-order chi connectivity index (χ1) is 16.2. The van der Waals surface area contributed by atoms with E-state index in [0.29, 0.717) is 50.3 Å². The number of nitrogens with zero attached hydrogens (tertiary/aromatic N) is 1. The van der Waals surface area contributed by atoms with Crippen LogP contribution in [0.4, 0.5) is 5.69 Å². The number of likely N-dealkylation sites (N-methyl/N-ethyl adjacent to an activating group) is 1. The van der Waals surface area contributed by atoms with Crippen LogP contribution in [0.15, 0.2) is 12.1 Å². The molecule has 0 aliphatic rings. The minimum absolute atomic E-state index is 0.0977. The molecule has 0 radical (unpaired) electrons. The number of carbonyl (C=O) groups is 3. The molecule has 34 heavy (non-hydrogen) atoms. The Hall–Kier alpha value is -2.49. The molecule has 192 valence electrons. The smallest absolute Gasteiger partial charge is 0.311 e. The number of rotatable bonds is 16. The van der Waals surface area contributed by atoms with Gasteiger partial charge in [0.2, 0.25) is 11.8 Å². The molecule has 1 aromatic carbocycles. The van der Waals surface area contributed by atoms with Crippen LogP contribution in [0.2, 0.25) is 0 Å². The number of esters is 1. The van der Waals surface area contributed by atoms with Crippen LogP contribution in [0.1, 0.15) is 63.5 Å². The molecule has 1 unspecified atom stereocenters. The van der Waals surface area contributed by atoms with Crippen molar-refractivity contribution in [2.24, 2.45) is 11.5 Å². The van der Waals surface area contributed by atoms with Gasteiger partial charge in [0.25, 0.3) is 0 Å². The van der Waals surface area contributed by atoms with Crippen molar-refractivity contribution in [1.29, 1.82) is 0 Å². The van der Waals surface area contributed by atoms with Gasteiger partial charge < -0.3 is 26.8 Å². The van der Waals surface area contributed by atoms with Gasteiger partial charge >= 0.3 is 5.97 Å². The van der Waals surface area contributed by atoms with Crippen molar-refractivity contribution in [3.63, 3.8) is 0 Å². The number of aryl methyl sites for hydroxylation is 1. The lowest BCUT2D eigenvalue weighted by molar-refractivity contribution is -0.134. The third kappa shape index (κ3) is 10.6. The lowest BCUT2D eigenvalue weighted by Gasteiger charge is -2.19. The molecule has 0 aromatic heterocycles. The number of hydrogen-bond donors (Lipinski definition) is 4. The van der Waals surface area contributed by atoms with Crippen molar-refractivity contribution in [3.8, 4) is 5.75 Å². The number of carbonyl (C=O) groups excluding carboxylic acids is 3. The first-order valence-corrected chi connectivity index (χ1v) is 12.3. The zero-order valence-corrected chi connectivity index (χ0v) is 21.2. The summed E-state index contributed by atoms with van der Waals surface area (Å²) < 4.78 is 5.55. The molecule has 1 rings (SSSR count). The molecule has 0 heterocycles. The van der Waals surface area contributed by atoms with E-state index in [1.54, 1.807) is 6.07 Å². The Morgan fingerprint density at radius 3 is 2.41 bits per heavy atom. The number of benzene rings is 1. The fourth-order valence-corrected chi connectivity index (χ4v) is 3.51. The van der Waals surface area contributed by atoms with Gasteiger partial charge in [0.05, 0.1) is 18.3 Å². The Bertz CT molecular complexity index is 796. The summed E-state index contributed by atoms with van der Waals surface area (Å²) in [5.41, 5.74) is 13.6. The number of anilines is 1. The number of hydrogen-bond acceptors (Lipinski definition) is 7. The summed E-state index contributed by atoms with van der Waals surface area (Å²) >= 11 is 0. The first-order valence-electron chi connectivity index (χ1n) is 12.3. The van der Waals surface area contributed by atoms with Crippen LogP contribution < -0.4 is 26.8 Å². The van der Waals surface area contributed by atoms with Crippen LogP contribution in [-0.2, 0) is 14.4 Å². The molecule has 0 aliphatic heterocycles.